The van der Waals surface area contributed by atoms with Gasteiger partial charge < -0.3 is 5.32 Å². The molecule has 9 heteroatoms. The zero-order valence-corrected chi connectivity index (χ0v) is 18.3. The number of hydrogen-bond acceptors (Lipinski definition) is 4. The van der Waals surface area contributed by atoms with Crippen LogP contribution in [-0.2, 0) is 21.4 Å². The van der Waals surface area contributed by atoms with Crippen molar-refractivity contribution in [3.05, 3.63) is 76.6 Å². The van der Waals surface area contributed by atoms with Crippen LogP contribution < -0.4 is 10.0 Å². The first kappa shape index (κ1) is 22.0. The molecule has 0 fully saturated rings. The molecule has 3 aromatic rings. The number of nitrogens with zero attached hydrogens (tertiary/aromatic N) is 2. The van der Waals surface area contributed by atoms with E-state index in [9.17, 15) is 13.2 Å². The molecule has 1 heterocycles. The minimum Gasteiger partial charge on any atom is -0.352 e. The van der Waals surface area contributed by atoms with Gasteiger partial charge in [-0.05, 0) is 61.4 Å². The van der Waals surface area contributed by atoms with Gasteiger partial charge in [0.05, 0.1) is 16.8 Å². The summed E-state index contributed by atoms with van der Waals surface area (Å²) in [7, 11) is -3.65. The maximum Gasteiger partial charge on any atom is 0.240 e. The molecule has 0 unspecified atom stereocenters. The van der Waals surface area contributed by atoms with Crippen LogP contribution in [0.15, 0.2) is 59.8 Å². The third-order valence-corrected chi connectivity index (χ3v) is 6.36. The highest BCUT2D eigenvalue weighted by atomic mass is 35.5. The lowest BCUT2D eigenvalue weighted by molar-refractivity contribution is -0.121. The van der Waals surface area contributed by atoms with Crippen LogP contribution in [0.2, 0.25) is 5.02 Å². The Bertz CT molecular complexity index is 1140. The van der Waals surface area contributed by atoms with E-state index in [1.165, 1.54) is 0 Å². The molecule has 0 bridgehead atoms. The second-order valence-corrected chi connectivity index (χ2v) is 9.14. The Morgan fingerprint density at radius 3 is 2.53 bits per heavy atom. The molecule has 0 radical (unpaired) electrons. The number of amides is 1. The summed E-state index contributed by atoms with van der Waals surface area (Å²) in [6.07, 6.45) is 3.51. The lowest BCUT2D eigenvalue weighted by Crippen LogP contribution is -2.30. The molecule has 0 aliphatic heterocycles. The first-order valence-corrected chi connectivity index (χ1v) is 11.2. The van der Waals surface area contributed by atoms with Crippen molar-refractivity contribution in [3.8, 4) is 5.69 Å². The largest absolute Gasteiger partial charge is 0.352 e. The first-order chi connectivity index (χ1) is 14.2. The minimum atomic E-state index is -3.65. The van der Waals surface area contributed by atoms with E-state index in [0.29, 0.717) is 11.6 Å². The smallest absolute Gasteiger partial charge is 0.240 e. The Kier molecular flexibility index (Phi) is 6.91. The molecule has 0 aliphatic rings. The van der Waals surface area contributed by atoms with Gasteiger partial charge in [-0.3, -0.25) is 4.79 Å². The van der Waals surface area contributed by atoms with E-state index in [1.54, 1.807) is 41.2 Å². The summed E-state index contributed by atoms with van der Waals surface area (Å²) < 4.78 is 28.9. The Morgan fingerprint density at radius 2 is 1.83 bits per heavy atom. The molecule has 0 saturated carbocycles. The van der Waals surface area contributed by atoms with Gasteiger partial charge in [0, 0.05) is 36.3 Å². The number of carbonyl (C=O) groups excluding carboxylic acids is 1. The third-order valence-electron chi connectivity index (χ3n) is 4.65. The molecule has 7 nitrogen and oxygen atoms in total. The quantitative estimate of drug-likeness (QED) is 0.556. The summed E-state index contributed by atoms with van der Waals surface area (Å²) in [6.45, 7) is 4.10. The zero-order chi connectivity index (χ0) is 21.7. The molecule has 0 atom stereocenters. The van der Waals surface area contributed by atoms with Crippen LogP contribution in [0.5, 0.6) is 0 Å². The van der Waals surface area contributed by atoms with Crippen molar-refractivity contribution in [1.29, 1.82) is 0 Å². The van der Waals surface area contributed by atoms with Gasteiger partial charge in [-0.25, -0.2) is 17.8 Å². The number of rotatable bonds is 8. The molecular formula is C21H23ClN4O3S. The average molecular weight is 447 g/mol. The van der Waals surface area contributed by atoms with Crippen LogP contribution in [-0.4, -0.2) is 30.7 Å². The van der Waals surface area contributed by atoms with Crippen molar-refractivity contribution in [1.82, 2.24) is 19.8 Å². The number of aromatic nitrogens is 2. The Labute approximate surface area is 181 Å². The second-order valence-electron chi connectivity index (χ2n) is 6.94. The number of benzene rings is 2. The van der Waals surface area contributed by atoms with Gasteiger partial charge >= 0.3 is 0 Å². The monoisotopic (exact) mass is 446 g/mol. The van der Waals surface area contributed by atoms with Crippen LogP contribution in [0.3, 0.4) is 0 Å². The molecule has 0 spiro atoms. The molecule has 1 amide bonds. The van der Waals surface area contributed by atoms with E-state index in [0.717, 1.165) is 22.4 Å². The van der Waals surface area contributed by atoms with Gasteiger partial charge in [0.15, 0.2) is 0 Å². The maximum absolute atomic E-state index is 12.4. The molecular weight excluding hydrogens is 424 g/mol. The minimum absolute atomic E-state index is 0.0190. The summed E-state index contributed by atoms with van der Waals surface area (Å²) in [5.74, 6) is -0.253. The summed E-state index contributed by atoms with van der Waals surface area (Å²) in [5, 5.41) is 7.68. The standard InChI is InChI=1S/C21H23ClN4O3S/c1-15-3-8-20(11-16(15)2)30(28,29)25-10-9-21(27)23-12-17-13-24-26(14-17)19-6-4-18(22)5-7-19/h3-8,11,13-14,25H,9-10,12H2,1-2H3,(H,23,27). The fraction of sp³-hybridized carbons (Fsp3) is 0.238. The van der Waals surface area contributed by atoms with Gasteiger partial charge in [-0.2, -0.15) is 5.10 Å². The molecule has 30 heavy (non-hydrogen) atoms. The SMILES string of the molecule is Cc1ccc(S(=O)(=O)NCCC(=O)NCc2cnn(-c3ccc(Cl)cc3)c2)cc1C. The highest BCUT2D eigenvalue weighted by Crippen LogP contribution is 2.15. The van der Waals surface area contributed by atoms with Crippen LogP contribution in [0, 0.1) is 13.8 Å². The summed E-state index contributed by atoms with van der Waals surface area (Å²) in [6, 6.07) is 12.2. The highest BCUT2D eigenvalue weighted by Gasteiger charge is 2.15. The third kappa shape index (κ3) is 5.69. The average Bonchev–Trinajstić information content (AvgIpc) is 3.18. The van der Waals surface area contributed by atoms with Gasteiger partial charge in [-0.15, -0.1) is 0 Å². The van der Waals surface area contributed by atoms with Crippen LogP contribution in [0.25, 0.3) is 5.69 Å². The number of aryl methyl sites for hydroxylation is 2. The number of carbonyl (C=O) groups is 1. The Balaban J connectivity index is 1.47. The van der Waals surface area contributed by atoms with E-state index >= 15 is 0 Å². The maximum atomic E-state index is 12.4. The molecule has 0 saturated heterocycles. The van der Waals surface area contributed by atoms with Gasteiger partial charge in [0.25, 0.3) is 0 Å². The van der Waals surface area contributed by atoms with E-state index in [2.05, 4.69) is 15.1 Å². The molecule has 2 N–H and O–H groups in total. The Hall–Kier alpha value is -2.68. The van der Waals surface area contributed by atoms with Crippen molar-refractivity contribution >= 4 is 27.5 Å². The fourth-order valence-corrected chi connectivity index (χ4v) is 3.98. The molecule has 0 aliphatic carbocycles. The zero-order valence-electron chi connectivity index (χ0n) is 16.7. The predicted octanol–water partition coefficient (Wildman–Crippen LogP) is 3.13. The molecule has 158 valence electrons. The van der Waals surface area contributed by atoms with Crippen molar-refractivity contribution in [2.75, 3.05) is 6.54 Å². The summed E-state index contributed by atoms with van der Waals surface area (Å²) >= 11 is 5.89. The molecule has 1 aromatic heterocycles. The number of halogens is 1. The predicted molar refractivity (Wildman–Crippen MR) is 116 cm³/mol. The van der Waals surface area contributed by atoms with Crippen LogP contribution in [0.1, 0.15) is 23.1 Å². The van der Waals surface area contributed by atoms with Crippen LogP contribution in [0.4, 0.5) is 0 Å². The van der Waals surface area contributed by atoms with Gasteiger partial charge in [0.2, 0.25) is 15.9 Å². The molecule has 2 aromatic carbocycles. The molecule has 3 rings (SSSR count). The number of hydrogen-bond donors (Lipinski definition) is 2. The Morgan fingerprint density at radius 1 is 1.10 bits per heavy atom. The first-order valence-electron chi connectivity index (χ1n) is 9.38. The lowest BCUT2D eigenvalue weighted by Gasteiger charge is -2.09. The van der Waals surface area contributed by atoms with Crippen molar-refractivity contribution in [3.63, 3.8) is 0 Å². The van der Waals surface area contributed by atoms with E-state index in [1.807, 2.05) is 32.2 Å². The number of nitrogens with one attached hydrogen (secondary N) is 2. The highest BCUT2D eigenvalue weighted by molar-refractivity contribution is 7.89. The van der Waals surface area contributed by atoms with Crippen molar-refractivity contribution < 1.29 is 13.2 Å². The second kappa shape index (κ2) is 9.42. The summed E-state index contributed by atoms with van der Waals surface area (Å²) in [5.41, 5.74) is 3.61. The lowest BCUT2D eigenvalue weighted by atomic mass is 10.1. The van der Waals surface area contributed by atoms with Crippen molar-refractivity contribution in [2.45, 2.75) is 31.7 Å². The topological polar surface area (TPSA) is 93.1 Å². The van der Waals surface area contributed by atoms with E-state index in [4.69, 9.17) is 11.6 Å². The van der Waals surface area contributed by atoms with Crippen LogP contribution >= 0.6 is 11.6 Å². The summed E-state index contributed by atoms with van der Waals surface area (Å²) in [4.78, 5) is 12.3. The van der Waals surface area contributed by atoms with Gasteiger partial charge in [0.1, 0.15) is 0 Å². The normalized spacial score (nSPS) is 11.4. The van der Waals surface area contributed by atoms with E-state index in [-0.39, 0.29) is 23.8 Å². The number of sulfonamides is 1. The fourth-order valence-electron chi connectivity index (χ4n) is 2.74. The van der Waals surface area contributed by atoms with Crippen molar-refractivity contribution in [2.24, 2.45) is 0 Å². The van der Waals surface area contributed by atoms with E-state index < -0.39 is 10.0 Å². The van der Waals surface area contributed by atoms with Gasteiger partial charge in [-0.1, -0.05) is 17.7 Å².